The summed E-state index contributed by atoms with van der Waals surface area (Å²) in [4.78, 5) is 26.9. The predicted octanol–water partition coefficient (Wildman–Crippen LogP) is 5.44. The summed E-state index contributed by atoms with van der Waals surface area (Å²) in [6, 6.07) is 21.3. The fourth-order valence-corrected chi connectivity index (χ4v) is 4.68. The Morgan fingerprint density at radius 2 is 1.44 bits per heavy atom. The summed E-state index contributed by atoms with van der Waals surface area (Å²) < 4.78 is 5.80. The van der Waals surface area contributed by atoms with E-state index in [1.54, 1.807) is 32.9 Å². The van der Waals surface area contributed by atoms with Crippen molar-refractivity contribution in [2.75, 3.05) is 6.61 Å². The Labute approximate surface area is 199 Å². The normalized spacial score (nSPS) is 13.6. The lowest BCUT2D eigenvalue weighted by atomic mass is 9.97. The second kappa shape index (κ2) is 9.21. The number of ether oxygens (including phenoxy) is 1. The summed E-state index contributed by atoms with van der Waals surface area (Å²) in [6.45, 7) is 5.49. The predicted molar refractivity (Wildman–Crippen MR) is 130 cm³/mol. The molecule has 0 radical (unpaired) electrons. The lowest BCUT2D eigenvalue weighted by Gasteiger charge is -2.39. The first-order valence-electron chi connectivity index (χ1n) is 11.3. The van der Waals surface area contributed by atoms with Crippen LogP contribution >= 0.6 is 0 Å². The zero-order chi connectivity index (χ0) is 24.5. The number of aliphatic carboxylic acids is 1. The second-order valence-corrected chi connectivity index (χ2v) is 9.57. The first-order chi connectivity index (χ1) is 16.2. The van der Waals surface area contributed by atoms with Crippen molar-refractivity contribution in [3.05, 3.63) is 89.5 Å². The van der Waals surface area contributed by atoms with Gasteiger partial charge < -0.3 is 14.9 Å². The molecule has 34 heavy (non-hydrogen) atoms. The maximum atomic E-state index is 13.4. The van der Waals surface area contributed by atoms with Gasteiger partial charge in [-0.25, -0.2) is 9.59 Å². The van der Waals surface area contributed by atoms with Crippen molar-refractivity contribution in [3.8, 4) is 16.9 Å². The molecule has 0 spiro atoms. The highest BCUT2D eigenvalue weighted by atomic mass is 16.6. The molecule has 0 aliphatic heterocycles. The van der Waals surface area contributed by atoms with Crippen LogP contribution in [0.15, 0.2) is 72.8 Å². The zero-order valence-electron chi connectivity index (χ0n) is 19.6. The number of phenolic OH excluding ortho intramolecular Hbond substituents is 1. The molecule has 0 bridgehead atoms. The van der Waals surface area contributed by atoms with Crippen molar-refractivity contribution >= 4 is 12.1 Å². The summed E-state index contributed by atoms with van der Waals surface area (Å²) in [5.74, 6) is -1.13. The average molecular weight is 460 g/mol. The molecule has 0 heterocycles. The molecule has 1 aliphatic rings. The van der Waals surface area contributed by atoms with Crippen molar-refractivity contribution in [3.63, 3.8) is 0 Å². The Hall–Kier alpha value is -3.80. The zero-order valence-corrected chi connectivity index (χ0v) is 19.6. The van der Waals surface area contributed by atoms with E-state index in [4.69, 9.17) is 4.74 Å². The van der Waals surface area contributed by atoms with Crippen molar-refractivity contribution in [1.82, 2.24) is 4.90 Å². The first kappa shape index (κ1) is 23.4. The van der Waals surface area contributed by atoms with Gasteiger partial charge in [0, 0.05) is 17.9 Å². The molecular weight excluding hydrogens is 430 g/mol. The molecule has 2 N–H and O–H groups in total. The molecule has 6 heteroatoms. The number of nitrogens with zero attached hydrogens (tertiary/aromatic N) is 1. The van der Waals surface area contributed by atoms with Gasteiger partial charge in [0.05, 0.1) is 0 Å². The SMILES string of the molecule is CC(C)(C)N(C(=O)OCC1c2ccccc2-c2ccccc21)C(Cc1ccc(O)cc1)C(=O)O. The Morgan fingerprint density at radius 1 is 0.912 bits per heavy atom. The van der Waals surface area contributed by atoms with Gasteiger partial charge in [0.15, 0.2) is 0 Å². The van der Waals surface area contributed by atoms with Gasteiger partial charge in [-0.05, 0) is 60.7 Å². The van der Waals surface area contributed by atoms with E-state index >= 15 is 0 Å². The number of carbonyl (C=O) groups is 2. The fraction of sp³-hybridized carbons (Fsp3) is 0.286. The Morgan fingerprint density at radius 3 is 1.94 bits per heavy atom. The number of rotatable bonds is 6. The molecule has 0 fully saturated rings. The van der Waals surface area contributed by atoms with Crippen molar-refractivity contribution in [2.45, 2.75) is 44.7 Å². The highest BCUT2D eigenvalue weighted by Crippen LogP contribution is 2.44. The standard InChI is InChI=1S/C28H29NO5/c1-28(2,3)29(25(26(31)32)16-18-12-14-19(30)15-13-18)27(33)34-17-24-22-10-6-4-8-20(22)21-9-5-7-11-23(21)24/h4-15,24-25,30H,16-17H2,1-3H3,(H,31,32). The maximum absolute atomic E-state index is 13.4. The van der Waals surface area contributed by atoms with E-state index in [0.29, 0.717) is 5.56 Å². The van der Waals surface area contributed by atoms with E-state index in [0.717, 1.165) is 22.3 Å². The number of fused-ring (bicyclic) bond motifs is 3. The van der Waals surface area contributed by atoms with Gasteiger partial charge in [-0.2, -0.15) is 0 Å². The fourth-order valence-electron chi connectivity index (χ4n) is 4.68. The van der Waals surface area contributed by atoms with Crippen LogP contribution in [0.2, 0.25) is 0 Å². The van der Waals surface area contributed by atoms with E-state index in [1.165, 1.54) is 17.0 Å². The molecule has 0 aromatic heterocycles. The van der Waals surface area contributed by atoms with E-state index in [2.05, 4.69) is 12.1 Å². The van der Waals surface area contributed by atoms with Gasteiger partial charge in [0.1, 0.15) is 18.4 Å². The quantitative estimate of drug-likeness (QED) is 0.513. The summed E-state index contributed by atoms with van der Waals surface area (Å²) in [5, 5.41) is 19.6. The number of carboxylic acid groups (broad SMARTS) is 1. The molecule has 0 saturated carbocycles. The van der Waals surface area contributed by atoms with Crippen molar-refractivity contribution < 1.29 is 24.5 Å². The number of carboxylic acids is 1. The van der Waals surface area contributed by atoms with Crippen LogP contribution in [0.4, 0.5) is 4.79 Å². The van der Waals surface area contributed by atoms with Gasteiger partial charge in [0.25, 0.3) is 0 Å². The number of hydrogen-bond acceptors (Lipinski definition) is 4. The number of amides is 1. The van der Waals surface area contributed by atoms with E-state index in [1.807, 2.05) is 36.4 Å². The van der Waals surface area contributed by atoms with Crippen LogP contribution in [0.25, 0.3) is 11.1 Å². The lowest BCUT2D eigenvalue weighted by molar-refractivity contribution is -0.144. The maximum Gasteiger partial charge on any atom is 0.410 e. The Bertz CT molecular complexity index is 1150. The monoisotopic (exact) mass is 459 g/mol. The van der Waals surface area contributed by atoms with Crippen LogP contribution in [-0.4, -0.2) is 45.4 Å². The molecular formula is C28H29NO5. The highest BCUT2D eigenvalue weighted by molar-refractivity contribution is 5.82. The molecule has 3 aromatic carbocycles. The lowest BCUT2D eigenvalue weighted by Crippen LogP contribution is -2.55. The van der Waals surface area contributed by atoms with E-state index in [9.17, 15) is 19.8 Å². The molecule has 3 aromatic rings. The Balaban J connectivity index is 1.58. The largest absolute Gasteiger partial charge is 0.508 e. The summed E-state index contributed by atoms with van der Waals surface area (Å²) in [5.41, 5.74) is 4.36. The number of aromatic hydroxyl groups is 1. The van der Waals surface area contributed by atoms with Gasteiger partial charge in [-0.1, -0.05) is 60.7 Å². The van der Waals surface area contributed by atoms with Gasteiger partial charge in [0.2, 0.25) is 0 Å². The van der Waals surface area contributed by atoms with Gasteiger partial charge >= 0.3 is 12.1 Å². The van der Waals surface area contributed by atoms with Crippen molar-refractivity contribution in [2.24, 2.45) is 0 Å². The Kier molecular flexibility index (Phi) is 6.33. The molecule has 1 unspecified atom stereocenters. The summed E-state index contributed by atoms with van der Waals surface area (Å²) in [7, 11) is 0. The van der Waals surface area contributed by atoms with Crippen LogP contribution in [0, 0.1) is 0 Å². The topological polar surface area (TPSA) is 87.1 Å². The van der Waals surface area contributed by atoms with Crippen LogP contribution < -0.4 is 0 Å². The minimum Gasteiger partial charge on any atom is -0.508 e. The third kappa shape index (κ3) is 4.62. The molecule has 0 saturated heterocycles. The summed E-state index contributed by atoms with van der Waals surface area (Å²) >= 11 is 0. The summed E-state index contributed by atoms with van der Waals surface area (Å²) in [6.07, 6.45) is -0.572. The van der Waals surface area contributed by atoms with Crippen LogP contribution in [0.3, 0.4) is 0 Å². The third-order valence-corrected chi connectivity index (χ3v) is 6.22. The molecule has 6 nitrogen and oxygen atoms in total. The van der Waals surface area contributed by atoms with E-state index in [-0.39, 0.29) is 24.7 Å². The number of phenols is 1. The molecule has 4 rings (SSSR count). The minimum atomic E-state index is -1.12. The molecule has 176 valence electrons. The average Bonchev–Trinajstić information content (AvgIpc) is 3.11. The molecule has 1 amide bonds. The minimum absolute atomic E-state index is 0.0943. The molecule has 1 atom stereocenters. The number of benzene rings is 3. The second-order valence-electron chi connectivity index (χ2n) is 9.57. The van der Waals surface area contributed by atoms with Crippen molar-refractivity contribution in [1.29, 1.82) is 0 Å². The van der Waals surface area contributed by atoms with Crippen LogP contribution in [0.1, 0.15) is 43.4 Å². The smallest absolute Gasteiger partial charge is 0.410 e. The van der Waals surface area contributed by atoms with Gasteiger partial charge in [-0.3, -0.25) is 4.90 Å². The number of hydrogen-bond donors (Lipinski definition) is 2. The van der Waals surface area contributed by atoms with Gasteiger partial charge in [-0.15, -0.1) is 0 Å². The van der Waals surface area contributed by atoms with E-state index < -0.39 is 23.6 Å². The molecule has 1 aliphatic carbocycles. The first-order valence-corrected chi connectivity index (χ1v) is 11.3. The third-order valence-electron chi connectivity index (χ3n) is 6.22. The number of carbonyl (C=O) groups excluding carboxylic acids is 1. The highest BCUT2D eigenvalue weighted by Gasteiger charge is 2.39. The van der Waals surface area contributed by atoms with Crippen LogP contribution in [-0.2, 0) is 16.0 Å². The van der Waals surface area contributed by atoms with Crippen LogP contribution in [0.5, 0.6) is 5.75 Å².